The van der Waals surface area contributed by atoms with Crippen molar-refractivity contribution in [1.29, 1.82) is 0 Å². The molecule has 0 bridgehead atoms. The van der Waals surface area contributed by atoms with Gasteiger partial charge in [-0.15, -0.1) is 0 Å². The molecule has 1 atom stereocenters. The number of ether oxygens (including phenoxy) is 2. The minimum atomic E-state index is -1.88. The number of rotatable bonds is 23. The normalized spacial score (nSPS) is 14.4. The van der Waals surface area contributed by atoms with Crippen molar-refractivity contribution < 1.29 is 33.4 Å². The van der Waals surface area contributed by atoms with E-state index in [4.69, 9.17) is 9.47 Å². The van der Waals surface area contributed by atoms with Crippen LogP contribution in [0.25, 0.3) is 0 Å². The van der Waals surface area contributed by atoms with Crippen LogP contribution in [0.15, 0.2) is 30.6 Å². The van der Waals surface area contributed by atoms with Crippen LogP contribution in [-0.4, -0.2) is 63.0 Å². The second-order valence-corrected chi connectivity index (χ2v) is 13.4. The lowest BCUT2D eigenvalue weighted by molar-refractivity contribution is -0.137. The van der Waals surface area contributed by atoms with E-state index in [0.29, 0.717) is 17.0 Å². The Kier molecular flexibility index (Phi) is 15.8. The van der Waals surface area contributed by atoms with Gasteiger partial charge in [0, 0.05) is 25.4 Å². The summed E-state index contributed by atoms with van der Waals surface area (Å²) in [5.41, 5.74) is -0.977. The average Bonchev–Trinajstić information content (AvgIpc) is 3.58. The Bertz CT molecular complexity index is 1420. The van der Waals surface area contributed by atoms with Crippen molar-refractivity contribution in [1.82, 2.24) is 14.7 Å². The first-order valence-electron chi connectivity index (χ1n) is 17.9. The van der Waals surface area contributed by atoms with Gasteiger partial charge >= 0.3 is 6.09 Å². The predicted octanol–water partition coefficient (Wildman–Crippen LogP) is 7.58. The van der Waals surface area contributed by atoms with Crippen LogP contribution in [0.4, 0.5) is 16.2 Å². The van der Waals surface area contributed by atoms with Gasteiger partial charge in [0.1, 0.15) is 5.75 Å². The molecule has 1 aliphatic heterocycles. The second-order valence-electron chi connectivity index (χ2n) is 13.4. The largest absolute Gasteiger partial charge is 0.495 e. The third-order valence-electron chi connectivity index (χ3n) is 8.77. The van der Waals surface area contributed by atoms with Crippen LogP contribution in [0.2, 0.25) is 0 Å². The molecular weight excluding hydrogens is 626 g/mol. The molecule has 1 fully saturated rings. The molecule has 12 nitrogen and oxygen atoms in total. The summed E-state index contributed by atoms with van der Waals surface area (Å²) in [5, 5.41) is 9.44. The Balaban J connectivity index is 1.49. The van der Waals surface area contributed by atoms with E-state index in [-0.39, 0.29) is 22.9 Å². The lowest BCUT2D eigenvalue weighted by Gasteiger charge is -2.23. The Morgan fingerprint density at radius 3 is 1.94 bits per heavy atom. The first-order valence-corrected chi connectivity index (χ1v) is 17.9. The summed E-state index contributed by atoms with van der Waals surface area (Å²) in [4.78, 5) is 66.3. The van der Waals surface area contributed by atoms with Crippen molar-refractivity contribution in [3.63, 3.8) is 0 Å². The number of cyclic esters (lactones) is 1. The van der Waals surface area contributed by atoms with E-state index in [1.54, 1.807) is 19.2 Å². The standard InChI is InChI=1S/C37H55N5O7/c1-6-7-8-9-10-11-12-13-14-15-16-17-18-19-20-21-31(43)39-28-22-23-30(48-5)29(24-28)40-34(45)32(33(44)27-25-38-41(4)26-27)42-35(46)37(2,3)49-36(42)47/h22-26,32H,6-21H2,1-5H3,(H,39,43)(H,40,45). The van der Waals surface area contributed by atoms with Crippen molar-refractivity contribution in [2.45, 2.75) is 135 Å². The number of hydrogen-bond acceptors (Lipinski definition) is 8. The number of anilines is 2. The number of methoxy groups -OCH3 is 1. The fourth-order valence-electron chi connectivity index (χ4n) is 5.93. The molecule has 1 saturated heterocycles. The van der Waals surface area contributed by atoms with E-state index >= 15 is 0 Å². The Morgan fingerprint density at radius 1 is 0.878 bits per heavy atom. The Labute approximate surface area is 290 Å². The van der Waals surface area contributed by atoms with E-state index in [2.05, 4.69) is 22.7 Å². The van der Waals surface area contributed by atoms with Gasteiger partial charge < -0.3 is 20.1 Å². The molecular formula is C37H55N5O7. The van der Waals surface area contributed by atoms with Crippen molar-refractivity contribution >= 4 is 41.0 Å². The quantitative estimate of drug-likeness (QED) is 0.0693. The number of aromatic nitrogens is 2. The minimum Gasteiger partial charge on any atom is -0.495 e. The molecule has 12 heteroatoms. The number of carbonyl (C=O) groups is 5. The van der Waals surface area contributed by atoms with Crippen molar-refractivity contribution in [3.8, 4) is 5.75 Å². The van der Waals surface area contributed by atoms with Crippen LogP contribution in [-0.2, 0) is 26.2 Å². The number of ketones is 1. The van der Waals surface area contributed by atoms with Crippen molar-refractivity contribution in [2.24, 2.45) is 7.05 Å². The number of carbonyl (C=O) groups excluding carboxylic acids is 5. The second kappa shape index (κ2) is 19.7. The van der Waals surface area contributed by atoms with Crippen LogP contribution in [0.3, 0.4) is 0 Å². The van der Waals surface area contributed by atoms with Crippen molar-refractivity contribution in [3.05, 3.63) is 36.2 Å². The van der Waals surface area contributed by atoms with Gasteiger partial charge in [0.25, 0.3) is 11.8 Å². The summed E-state index contributed by atoms with van der Waals surface area (Å²) >= 11 is 0. The van der Waals surface area contributed by atoms with Gasteiger partial charge in [0.05, 0.1) is 24.6 Å². The van der Waals surface area contributed by atoms with Crippen LogP contribution >= 0.6 is 0 Å². The zero-order valence-corrected chi connectivity index (χ0v) is 30.0. The molecule has 0 aliphatic carbocycles. The minimum absolute atomic E-state index is 0.0275. The number of Topliss-reactive ketones (excluding diaryl/α,β-unsaturated/α-hetero) is 1. The highest BCUT2D eigenvalue weighted by atomic mass is 16.6. The fourth-order valence-corrected chi connectivity index (χ4v) is 5.93. The lowest BCUT2D eigenvalue weighted by atomic mass is 10.0. The SMILES string of the molecule is CCCCCCCCCCCCCCCCCC(=O)Nc1ccc(OC)c(NC(=O)C(C(=O)c2cnn(C)c2)N2C(=O)OC(C)(C)C2=O)c1. The van der Waals surface area contributed by atoms with E-state index in [9.17, 15) is 24.0 Å². The van der Waals surface area contributed by atoms with Gasteiger partial charge in [-0.2, -0.15) is 5.10 Å². The van der Waals surface area contributed by atoms with Crippen LogP contribution in [0.1, 0.15) is 134 Å². The fraction of sp³-hybridized carbons (Fsp3) is 0.622. The highest BCUT2D eigenvalue weighted by Crippen LogP contribution is 2.31. The summed E-state index contributed by atoms with van der Waals surface area (Å²) < 4.78 is 11.9. The highest BCUT2D eigenvalue weighted by molar-refractivity contribution is 6.22. The number of benzene rings is 1. The number of nitrogens with zero attached hydrogens (tertiary/aromatic N) is 3. The van der Waals surface area contributed by atoms with Crippen molar-refractivity contribution in [2.75, 3.05) is 17.7 Å². The highest BCUT2D eigenvalue weighted by Gasteiger charge is 2.54. The van der Waals surface area contributed by atoms with Gasteiger partial charge in [-0.3, -0.25) is 23.9 Å². The van der Waals surface area contributed by atoms with Gasteiger partial charge in [-0.1, -0.05) is 96.8 Å². The topological polar surface area (TPSA) is 149 Å². The molecule has 1 aromatic heterocycles. The number of nitrogens with one attached hydrogen (secondary N) is 2. The van der Waals surface area contributed by atoms with E-state index in [1.807, 2.05) is 0 Å². The van der Waals surface area contributed by atoms with Crippen LogP contribution in [0, 0.1) is 0 Å². The summed E-state index contributed by atoms with van der Waals surface area (Å²) in [5.74, 6) is -2.52. The molecule has 0 spiro atoms. The molecule has 1 unspecified atom stereocenters. The van der Waals surface area contributed by atoms with Crippen LogP contribution in [0.5, 0.6) is 5.75 Å². The number of imide groups is 1. The maximum absolute atomic E-state index is 13.7. The smallest absolute Gasteiger partial charge is 0.418 e. The zero-order chi connectivity index (χ0) is 35.8. The first kappa shape index (κ1) is 39.2. The molecule has 4 amide bonds. The monoisotopic (exact) mass is 681 g/mol. The molecule has 0 saturated carbocycles. The van der Waals surface area contributed by atoms with E-state index < -0.39 is 35.3 Å². The summed E-state index contributed by atoms with van der Waals surface area (Å²) in [6, 6.07) is 2.83. The summed E-state index contributed by atoms with van der Waals surface area (Å²) in [6.07, 6.45) is 20.6. The molecule has 1 aromatic carbocycles. The Hall–Kier alpha value is -4.22. The zero-order valence-electron chi connectivity index (χ0n) is 30.0. The van der Waals surface area contributed by atoms with Gasteiger partial charge in [-0.25, -0.2) is 9.69 Å². The van der Waals surface area contributed by atoms with Gasteiger partial charge in [0.2, 0.25) is 5.91 Å². The number of hydrogen-bond donors (Lipinski definition) is 2. The van der Waals surface area contributed by atoms with Gasteiger partial charge in [0.15, 0.2) is 17.4 Å². The maximum atomic E-state index is 13.7. The molecule has 1 aliphatic rings. The predicted molar refractivity (Wildman–Crippen MR) is 189 cm³/mol. The van der Waals surface area contributed by atoms with E-state index in [1.165, 1.54) is 121 Å². The molecule has 2 heterocycles. The average molecular weight is 682 g/mol. The van der Waals surface area contributed by atoms with Crippen LogP contribution < -0.4 is 15.4 Å². The Morgan fingerprint density at radius 2 is 1.45 bits per heavy atom. The molecule has 2 aromatic rings. The lowest BCUT2D eigenvalue weighted by Crippen LogP contribution is -2.53. The first-order chi connectivity index (χ1) is 23.5. The number of aryl methyl sites for hydroxylation is 1. The van der Waals surface area contributed by atoms with E-state index in [0.717, 1.165) is 19.3 Å². The summed E-state index contributed by atoms with van der Waals surface area (Å²) in [7, 11) is 3.00. The third-order valence-corrected chi connectivity index (χ3v) is 8.77. The number of amides is 4. The van der Waals surface area contributed by atoms with Gasteiger partial charge in [-0.05, 0) is 38.5 Å². The third kappa shape index (κ3) is 12.0. The molecule has 3 rings (SSSR count). The molecule has 49 heavy (non-hydrogen) atoms. The maximum Gasteiger partial charge on any atom is 0.418 e. The summed E-state index contributed by atoms with van der Waals surface area (Å²) in [6.45, 7) is 5.01. The molecule has 2 N–H and O–H groups in total. The molecule has 270 valence electrons. The molecule has 0 radical (unpaired) electrons. The number of unbranched alkanes of at least 4 members (excludes halogenated alkanes) is 14.